The second kappa shape index (κ2) is 12.8. The molecule has 1 aromatic carbocycles. The summed E-state index contributed by atoms with van der Waals surface area (Å²) in [4.78, 5) is 16.2. The molecule has 0 amide bonds. The molecule has 9 nitrogen and oxygen atoms in total. The summed E-state index contributed by atoms with van der Waals surface area (Å²) < 4.78 is 43.0. The van der Waals surface area contributed by atoms with E-state index < -0.39 is 28.0 Å². The minimum atomic E-state index is -3.87. The summed E-state index contributed by atoms with van der Waals surface area (Å²) in [5.41, 5.74) is 2.96. The van der Waals surface area contributed by atoms with Crippen LogP contribution in [0.2, 0.25) is 0 Å². The second-order valence-corrected chi connectivity index (χ2v) is 12.0. The molecule has 11 heteroatoms. The van der Waals surface area contributed by atoms with Crippen molar-refractivity contribution in [2.24, 2.45) is 0 Å². The molecule has 0 aliphatic heterocycles. The number of ketones is 1. The lowest BCUT2D eigenvalue weighted by atomic mass is 9.90. The number of benzene rings is 1. The van der Waals surface area contributed by atoms with E-state index in [9.17, 15) is 27.8 Å². The lowest BCUT2D eigenvalue weighted by Crippen LogP contribution is -2.29. The number of sulfonamides is 1. The Morgan fingerprint density at radius 1 is 1.18 bits per heavy atom. The van der Waals surface area contributed by atoms with Crippen molar-refractivity contribution in [3.63, 3.8) is 0 Å². The van der Waals surface area contributed by atoms with Gasteiger partial charge in [0.2, 0.25) is 10.0 Å². The molecule has 40 heavy (non-hydrogen) atoms. The summed E-state index contributed by atoms with van der Waals surface area (Å²) in [5, 5.41) is 24.9. The Morgan fingerprint density at radius 2 is 1.82 bits per heavy atom. The topological polar surface area (TPSA) is 126 Å². The molecule has 0 saturated heterocycles. The molecule has 2 heterocycles. The molecule has 3 rings (SSSR count). The van der Waals surface area contributed by atoms with Crippen molar-refractivity contribution in [3.05, 3.63) is 65.2 Å². The Balaban J connectivity index is 2.30. The predicted molar refractivity (Wildman–Crippen MR) is 154 cm³/mol. The third kappa shape index (κ3) is 7.21. The molecule has 3 aromatic rings. The van der Waals surface area contributed by atoms with E-state index >= 15 is 0 Å². The number of anilines is 2. The fourth-order valence-corrected chi connectivity index (χ4v) is 5.64. The highest BCUT2D eigenvalue weighted by molar-refractivity contribution is 7.92. The maximum atomic E-state index is 13.9. The number of carbonyl (C=O) groups is 1. The first-order chi connectivity index (χ1) is 18.7. The Hall–Kier alpha value is -3.41. The van der Waals surface area contributed by atoms with Crippen molar-refractivity contribution in [1.82, 2.24) is 14.8 Å². The summed E-state index contributed by atoms with van der Waals surface area (Å²) in [7, 11) is -3.87. The van der Waals surface area contributed by atoms with Crippen molar-refractivity contribution in [2.75, 3.05) is 10.6 Å². The fraction of sp³-hybridized carbons (Fsp3) is 0.414. The summed E-state index contributed by atoms with van der Waals surface area (Å²) in [5.74, 6) is -0.249. The van der Waals surface area contributed by atoms with Gasteiger partial charge in [0.1, 0.15) is 17.4 Å². The molecule has 0 saturated carbocycles. The van der Waals surface area contributed by atoms with Crippen LogP contribution in [-0.2, 0) is 21.4 Å². The number of hydrogen-bond donors (Lipinski definition) is 2. The lowest BCUT2D eigenvalue weighted by molar-refractivity contribution is -0.119. The first-order valence-electron chi connectivity index (χ1n) is 13.1. The SMILES string of the molecule is CCn1nccc1N(c1nc(C(C)C)c(/C=C/[C@@H](O)C[C@@H](O)CC(C)=O)c(-c2ccc(F)cc2)c1C)S(C)(=O)=O. The average Bonchev–Trinajstić information content (AvgIpc) is 3.31. The van der Waals surface area contributed by atoms with Gasteiger partial charge in [0.25, 0.3) is 0 Å². The summed E-state index contributed by atoms with van der Waals surface area (Å²) in [6.07, 6.45) is 3.68. The van der Waals surface area contributed by atoms with Gasteiger partial charge in [-0.1, -0.05) is 38.1 Å². The van der Waals surface area contributed by atoms with Crippen LogP contribution in [0.3, 0.4) is 0 Å². The van der Waals surface area contributed by atoms with Gasteiger partial charge in [0, 0.05) is 36.6 Å². The number of rotatable bonds is 12. The van der Waals surface area contributed by atoms with Gasteiger partial charge in [-0.3, -0.25) is 4.79 Å². The molecule has 0 fully saturated rings. The van der Waals surface area contributed by atoms with Crippen LogP contribution in [0.25, 0.3) is 17.2 Å². The summed E-state index contributed by atoms with van der Waals surface area (Å²) in [6.45, 7) is 9.25. The molecular formula is C29H37FN4O5S. The van der Waals surface area contributed by atoms with Gasteiger partial charge in [-0.05, 0) is 49.9 Å². The molecule has 0 bridgehead atoms. The predicted octanol–water partition coefficient (Wildman–Crippen LogP) is 4.74. The minimum Gasteiger partial charge on any atom is -0.393 e. The van der Waals surface area contributed by atoms with Crippen molar-refractivity contribution < 1.29 is 27.8 Å². The van der Waals surface area contributed by atoms with Gasteiger partial charge in [0.15, 0.2) is 5.82 Å². The number of nitrogens with zero attached hydrogens (tertiary/aromatic N) is 4. The van der Waals surface area contributed by atoms with Crippen LogP contribution in [0, 0.1) is 12.7 Å². The largest absolute Gasteiger partial charge is 0.393 e. The standard InChI is InChI=1S/C29H37FN4O5S/c1-7-33-26(14-15-31-33)34(40(6,38)39)29-20(5)27(21-8-10-22(30)11-9-21)25(28(32-29)18(2)3)13-12-23(36)17-24(37)16-19(4)35/h8-15,18,23-24,36-37H,7,16-17H2,1-6H3/b13-12+/t23-,24+/m1/s1. The minimum absolute atomic E-state index is 0.0354. The number of pyridine rings is 1. The van der Waals surface area contributed by atoms with Gasteiger partial charge in [0.05, 0.1) is 30.4 Å². The van der Waals surface area contributed by atoms with E-state index in [1.165, 1.54) is 31.3 Å². The van der Waals surface area contributed by atoms with Crippen molar-refractivity contribution in [3.8, 4) is 11.1 Å². The van der Waals surface area contributed by atoms with Gasteiger partial charge in [-0.2, -0.15) is 5.10 Å². The molecule has 2 N–H and O–H groups in total. The Bertz CT molecular complexity index is 1480. The highest BCUT2D eigenvalue weighted by Crippen LogP contribution is 2.40. The number of aromatic nitrogens is 3. The van der Waals surface area contributed by atoms with Crippen molar-refractivity contribution in [1.29, 1.82) is 0 Å². The summed E-state index contributed by atoms with van der Waals surface area (Å²) in [6, 6.07) is 7.47. The first-order valence-corrected chi connectivity index (χ1v) is 15.0. The second-order valence-electron chi connectivity index (χ2n) is 10.2. The number of halogens is 1. The zero-order valence-electron chi connectivity index (χ0n) is 23.7. The maximum Gasteiger partial charge on any atom is 0.239 e. The normalized spacial score (nSPS) is 13.7. The van der Waals surface area contributed by atoms with E-state index in [1.807, 2.05) is 20.8 Å². The molecule has 0 radical (unpaired) electrons. The van der Waals surface area contributed by atoms with Gasteiger partial charge < -0.3 is 10.2 Å². The zero-order valence-corrected chi connectivity index (χ0v) is 24.5. The smallest absolute Gasteiger partial charge is 0.239 e. The van der Waals surface area contributed by atoms with Gasteiger partial charge in [-0.25, -0.2) is 26.8 Å². The highest BCUT2D eigenvalue weighted by Gasteiger charge is 2.30. The molecule has 2 aromatic heterocycles. The van der Waals surface area contributed by atoms with E-state index in [0.29, 0.717) is 40.3 Å². The fourth-order valence-electron chi connectivity index (χ4n) is 4.65. The van der Waals surface area contributed by atoms with E-state index in [2.05, 4.69) is 5.10 Å². The number of aryl methyl sites for hydroxylation is 1. The molecule has 216 valence electrons. The number of hydrogen-bond acceptors (Lipinski definition) is 7. The number of carbonyl (C=O) groups excluding carboxylic acids is 1. The van der Waals surface area contributed by atoms with E-state index in [1.54, 1.807) is 35.9 Å². The van der Waals surface area contributed by atoms with Crippen LogP contribution in [0.15, 0.2) is 42.6 Å². The Morgan fingerprint density at radius 3 is 2.38 bits per heavy atom. The maximum absolute atomic E-state index is 13.9. The summed E-state index contributed by atoms with van der Waals surface area (Å²) >= 11 is 0. The van der Waals surface area contributed by atoms with Crippen LogP contribution in [0.4, 0.5) is 16.0 Å². The molecular weight excluding hydrogens is 535 g/mol. The van der Waals surface area contributed by atoms with Crippen LogP contribution in [0.1, 0.15) is 63.3 Å². The van der Waals surface area contributed by atoms with E-state index in [4.69, 9.17) is 4.98 Å². The third-order valence-electron chi connectivity index (χ3n) is 6.41. The molecule has 0 aliphatic rings. The molecule has 0 aliphatic carbocycles. The number of Topliss-reactive ketones (excluding diaryl/α,β-unsaturated/α-hetero) is 1. The average molecular weight is 573 g/mol. The first kappa shape index (κ1) is 31.1. The molecule has 0 unspecified atom stereocenters. The molecule has 0 spiro atoms. The van der Waals surface area contributed by atoms with Gasteiger partial charge in [-0.15, -0.1) is 0 Å². The quantitative estimate of drug-likeness (QED) is 0.321. The van der Waals surface area contributed by atoms with Crippen LogP contribution < -0.4 is 4.31 Å². The Kier molecular flexibility index (Phi) is 9.99. The van der Waals surface area contributed by atoms with E-state index in [-0.39, 0.29) is 30.4 Å². The van der Waals surface area contributed by atoms with Crippen LogP contribution in [-0.4, -0.2) is 57.6 Å². The van der Waals surface area contributed by atoms with Crippen molar-refractivity contribution in [2.45, 2.75) is 72.1 Å². The van der Waals surface area contributed by atoms with Gasteiger partial charge >= 0.3 is 0 Å². The Labute approximate surface area is 235 Å². The number of aliphatic hydroxyl groups excluding tert-OH is 2. The molecule has 2 atom stereocenters. The van der Waals surface area contributed by atoms with Crippen molar-refractivity contribution >= 4 is 33.5 Å². The van der Waals surface area contributed by atoms with E-state index in [0.717, 1.165) is 10.6 Å². The lowest BCUT2D eigenvalue weighted by Gasteiger charge is -2.27. The third-order valence-corrected chi connectivity index (χ3v) is 7.43. The zero-order chi connectivity index (χ0) is 29.8. The van der Waals surface area contributed by atoms with Crippen LogP contribution >= 0.6 is 0 Å². The highest BCUT2D eigenvalue weighted by atomic mass is 32.2. The van der Waals surface area contributed by atoms with Crippen LogP contribution in [0.5, 0.6) is 0 Å². The number of aliphatic hydroxyl groups is 2. The monoisotopic (exact) mass is 572 g/mol.